The molecule has 0 spiro atoms. The van der Waals surface area contributed by atoms with Crippen molar-refractivity contribution < 1.29 is 9.53 Å². The van der Waals surface area contributed by atoms with E-state index in [0.29, 0.717) is 12.3 Å². The molecule has 0 bridgehead atoms. The molecular formula is C19H31Cl2N3O2. The van der Waals surface area contributed by atoms with Gasteiger partial charge in [0.1, 0.15) is 0 Å². The molecule has 0 saturated carbocycles. The summed E-state index contributed by atoms with van der Waals surface area (Å²) in [6.07, 6.45) is 2.60. The van der Waals surface area contributed by atoms with Gasteiger partial charge in [-0.05, 0) is 24.3 Å². The fourth-order valence-electron chi connectivity index (χ4n) is 3.65. The lowest BCUT2D eigenvalue weighted by molar-refractivity contribution is -0.133. The molecule has 2 aliphatic rings. The van der Waals surface area contributed by atoms with E-state index in [1.165, 1.54) is 0 Å². The third-order valence-corrected chi connectivity index (χ3v) is 5.21. The molecule has 0 aromatic heterocycles. The van der Waals surface area contributed by atoms with Gasteiger partial charge >= 0.3 is 0 Å². The van der Waals surface area contributed by atoms with Crippen LogP contribution in [-0.2, 0) is 9.53 Å². The zero-order valence-electron chi connectivity index (χ0n) is 15.2. The van der Waals surface area contributed by atoms with Crippen molar-refractivity contribution in [3.63, 3.8) is 0 Å². The van der Waals surface area contributed by atoms with E-state index in [0.717, 1.165) is 64.3 Å². The summed E-state index contributed by atoms with van der Waals surface area (Å²) in [5, 5.41) is 0. The smallest absolute Gasteiger partial charge is 0.224 e. The molecule has 26 heavy (non-hydrogen) atoms. The maximum atomic E-state index is 12.5. The van der Waals surface area contributed by atoms with Crippen molar-refractivity contribution in [3.05, 3.63) is 35.9 Å². The van der Waals surface area contributed by atoms with Gasteiger partial charge in [-0.1, -0.05) is 30.3 Å². The molecule has 2 aliphatic heterocycles. The SMILES string of the molecule is Cl.Cl.NC(CC(=O)N1CCC(CN2CCOCC2)CC1)c1ccccc1. The van der Waals surface area contributed by atoms with Gasteiger partial charge in [0, 0.05) is 45.2 Å². The maximum absolute atomic E-state index is 12.5. The Labute approximate surface area is 169 Å². The second-order valence-electron chi connectivity index (χ2n) is 6.96. The first-order valence-electron chi connectivity index (χ1n) is 9.11. The molecule has 2 fully saturated rings. The third kappa shape index (κ3) is 6.71. The largest absolute Gasteiger partial charge is 0.379 e. The molecule has 0 aliphatic carbocycles. The highest BCUT2D eigenvalue weighted by molar-refractivity contribution is 5.85. The number of piperidine rings is 1. The average molecular weight is 404 g/mol. The molecule has 2 heterocycles. The number of hydrogen-bond donors (Lipinski definition) is 1. The number of amides is 1. The van der Waals surface area contributed by atoms with Crippen LogP contribution in [0.4, 0.5) is 0 Å². The molecule has 2 saturated heterocycles. The molecule has 7 heteroatoms. The van der Waals surface area contributed by atoms with Gasteiger partial charge in [-0.2, -0.15) is 0 Å². The number of nitrogens with two attached hydrogens (primary N) is 1. The van der Waals surface area contributed by atoms with Crippen molar-refractivity contribution in [2.45, 2.75) is 25.3 Å². The number of benzene rings is 1. The van der Waals surface area contributed by atoms with Gasteiger partial charge in [0.05, 0.1) is 13.2 Å². The van der Waals surface area contributed by atoms with Crippen LogP contribution in [0.15, 0.2) is 30.3 Å². The molecule has 1 atom stereocenters. The molecule has 1 aromatic rings. The monoisotopic (exact) mass is 403 g/mol. The Morgan fingerprint density at radius 3 is 2.31 bits per heavy atom. The van der Waals surface area contributed by atoms with E-state index in [4.69, 9.17) is 10.5 Å². The molecule has 2 N–H and O–H groups in total. The molecule has 3 rings (SSSR count). The van der Waals surface area contributed by atoms with E-state index in [9.17, 15) is 4.79 Å². The van der Waals surface area contributed by atoms with E-state index in [1.54, 1.807) is 0 Å². The highest BCUT2D eigenvalue weighted by Gasteiger charge is 2.25. The lowest BCUT2D eigenvalue weighted by atomic mass is 9.95. The number of ether oxygens (including phenoxy) is 1. The number of nitrogens with zero attached hydrogens (tertiary/aromatic N) is 2. The summed E-state index contributed by atoms with van der Waals surface area (Å²) in [6, 6.07) is 9.69. The quantitative estimate of drug-likeness (QED) is 0.819. The molecule has 1 amide bonds. The highest BCUT2D eigenvalue weighted by Crippen LogP contribution is 2.21. The summed E-state index contributed by atoms with van der Waals surface area (Å²) in [5.74, 6) is 0.895. The zero-order chi connectivity index (χ0) is 16.8. The lowest BCUT2D eigenvalue weighted by Gasteiger charge is -2.36. The summed E-state index contributed by atoms with van der Waals surface area (Å²) in [7, 11) is 0. The summed E-state index contributed by atoms with van der Waals surface area (Å²) in [6.45, 7) is 6.69. The van der Waals surface area contributed by atoms with E-state index in [1.807, 2.05) is 35.2 Å². The molecular weight excluding hydrogens is 373 g/mol. The Morgan fingerprint density at radius 2 is 1.69 bits per heavy atom. The minimum Gasteiger partial charge on any atom is -0.379 e. The zero-order valence-corrected chi connectivity index (χ0v) is 16.9. The molecule has 5 nitrogen and oxygen atoms in total. The molecule has 148 valence electrons. The fraction of sp³-hybridized carbons (Fsp3) is 0.632. The number of halogens is 2. The van der Waals surface area contributed by atoms with Crippen LogP contribution in [0.2, 0.25) is 0 Å². The van der Waals surface area contributed by atoms with Crippen LogP contribution in [0.3, 0.4) is 0 Å². The molecule has 0 radical (unpaired) electrons. The van der Waals surface area contributed by atoms with Gasteiger partial charge in [-0.3, -0.25) is 9.69 Å². The van der Waals surface area contributed by atoms with Crippen LogP contribution < -0.4 is 5.73 Å². The van der Waals surface area contributed by atoms with Crippen LogP contribution >= 0.6 is 24.8 Å². The van der Waals surface area contributed by atoms with E-state index in [2.05, 4.69) is 4.90 Å². The average Bonchev–Trinajstić information content (AvgIpc) is 2.64. The lowest BCUT2D eigenvalue weighted by Crippen LogP contribution is -2.44. The Morgan fingerprint density at radius 1 is 1.08 bits per heavy atom. The van der Waals surface area contributed by atoms with Gasteiger partial charge < -0.3 is 15.4 Å². The number of morpholine rings is 1. The summed E-state index contributed by atoms with van der Waals surface area (Å²) < 4.78 is 5.40. The topological polar surface area (TPSA) is 58.8 Å². The van der Waals surface area contributed by atoms with E-state index in [-0.39, 0.29) is 36.8 Å². The number of carbonyl (C=O) groups is 1. The standard InChI is InChI=1S/C19H29N3O2.2ClH/c20-18(17-4-2-1-3-5-17)14-19(23)22-8-6-16(7-9-22)15-21-10-12-24-13-11-21;;/h1-5,16,18H,6-15,20H2;2*1H. The number of rotatable bonds is 5. The number of carbonyl (C=O) groups excluding carboxylic acids is 1. The van der Waals surface area contributed by atoms with Crippen molar-refractivity contribution in [2.24, 2.45) is 11.7 Å². The predicted molar refractivity (Wildman–Crippen MR) is 109 cm³/mol. The Kier molecular flexibility index (Phi) is 10.5. The second kappa shape index (κ2) is 11.8. The first-order valence-corrected chi connectivity index (χ1v) is 9.11. The van der Waals surface area contributed by atoms with Gasteiger partial charge in [-0.25, -0.2) is 0 Å². The van der Waals surface area contributed by atoms with Crippen LogP contribution in [-0.4, -0.2) is 61.6 Å². The van der Waals surface area contributed by atoms with Crippen molar-refractivity contribution in [3.8, 4) is 0 Å². The molecule has 1 unspecified atom stereocenters. The molecule has 1 aromatic carbocycles. The summed E-state index contributed by atoms with van der Waals surface area (Å²) in [5.41, 5.74) is 7.22. The number of likely N-dealkylation sites (tertiary alicyclic amines) is 1. The minimum absolute atomic E-state index is 0. The van der Waals surface area contributed by atoms with Crippen LogP contribution in [0.1, 0.15) is 30.9 Å². The minimum atomic E-state index is -0.204. The van der Waals surface area contributed by atoms with Crippen molar-refractivity contribution in [2.75, 3.05) is 45.9 Å². The van der Waals surface area contributed by atoms with Gasteiger partial charge in [-0.15, -0.1) is 24.8 Å². The predicted octanol–water partition coefficient (Wildman–Crippen LogP) is 2.49. The van der Waals surface area contributed by atoms with Crippen LogP contribution in [0.5, 0.6) is 0 Å². The third-order valence-electron chi connectivity index (χ3n) is 5.21. The second-order valence-corrected chi connectivity index (χ2v) is 6.96. The van der Waals surface area contributed by atoms with Crippen molar-refractivity contribution in [1.82, 2.24) is 9.80 Å². The van der Waals surface area contributed by atoms with Crippen molar-refractivity contribution in [1.29, 1.82) is 0 Å². The Hall–Kier alpha value is -0.850. The van der Waals surface area contributed by atoms with Crippen LogP contribution in [0.25, 0.3) is 0 Å². The Balaban J connectivity index is 0.00000169. The van der Waals surface area contributed by atoms with Gasteiger partial charge in [0.15, 0.2) is 0 Å². The summed E-state index contributed by atoms with van der Waals surface area (Å²) >= 11 is 0. The normalized spacial score (nSPS) is 20.0. The van der Waals surface area contributed by atoms with E-state index < -0.39 is 0 Å². The maximum Gasteiger partial charge on any atom is 0.224 e. The van der Waals surface area contributed by atoms with Gasteiger partial charge in [0.2, 0.25) is 5.91 Å². The van der Waals surface area contributed by atoms with Crippen molar-refractivity contribution >= 4 is 30.7 Å². The Bertz CT molecular complexity index is 519. The fourth-order valence-corrected chi connectivity index (χ4v) is 3.65. The number of hydrogen-bond acceptors (Lipinski definition) is 4. The van der Waals surface area contributed by atoms with E-state index >= 15 is 0 Å². The van der Waals surface area contributed by atoms with Crippen LogP contribution in [0, 0.1) is 5.92 Å². The first-order chi connectivity index (χ1) is 11.7. The summed E-state index contributed by atoms with van der Waals surface area (Å²) in [4.78, 5) is 17.0. The highest BCUT2D eigenvalue weighted by atomic mass is 35.5. The van der Waals surface area contributed by atoms with Gasteiger partial charge in [0.25, 0.3) is 0 Å². The first kappa shape index (κ1) is 23.2.